The third-order valence-electron chi connectivity index (χ3n) is 9.49. The van der Waals surface area contributed by atoms with E-state index in [0.29, 0.717) is 19.3 Å². The van der Waals surface area contributed by atoms with E-state index in [4.69, 9.17) is 28.5 Å². The number of ether oxygens (including phenoxy) is 3. The van der Waals surface area contributed by atoms with Gasteiger partial charge in [-0.3, -0.25) is 23.2 Å². The molecule has 0 aromatic rings. The van der Waals surface area contributed by atoms with Gasteiger partial charge in [0.15, 0.2) is 6.10 Å². The quantitative estimate of drug-likeness (QED) is 0.0150. The summed E-state index contributed by atoms with van der Waals surface area (Å²) in [6.07, 6.45) is 30.2. The summed E-state index contributed by atoms with van der Waals surface area (Å²) < 4.78 is 53.5. The predicted octanol–water partition coefficient (Wildman–Crippen LogP) is 9.35. The molecule has 1 saturated heterocycles. The van der Waals surface area contributed by atoms with Crippen LogP contribution in [0.25, 0.3) is 0 Å². The fourth-order valence-electron chi connectivity index (χ4n) is 5.76. The SMILES string of the molecule is CCCCC/C=C\C/C=C\C/C=C\CC1OC1CCCC(=O)O[C@H](COC(=O)CCCCCCCCCCC(C)CC)COP(=O)(O)OC[C@@H](O)COP(=O)(O)O. The van der Waals surface area contributed by atoms with Gasteiger partial charge in [-0.15, -0.1) is 0 Å². The lowest BCUT2D eigenvalue weighted by Gasteiger charge is -2.20. The Hall–Kier alpha value is -1.70. The molecule has 14 nitrogen and oxygen atoms in total. The number of unbranched alkanes of at least 4 members (excludes halogenated alkanes) is 10. The zero-order valence-corrected chi connectivity index (χ0v) is 36.6. The smallest absolute Gasteiger partial charge is 0.462 e. The summed E-state index contributed by atoms with van der Waals surface area (Å²) in [5, 5.41) is 9.74. The molecule has 1 rings (SSSR count). The van der Waals surface area contributed by atoms with Gasteiger partial charge in [-0.25, -0.2) is 9.13 Å². The van der Waals surface area contributed by atoms with Gasteiger partial charge in [-0.2, -0.15) is 0 Å². The molecule has 4 unspecified atom stereocenters. The van der Waals surface area contributed by atoms with Crippen molar-refractivity contribution in [3.8, 4) is 0 Å². The summed E-state index contributed by atoms with van der Waals surface area (Å²) in [5.41, 5.74) is 0. The minimum absolute atomic E-state index is 0.0433. The Morgan fingerprint density at radius 3 is 1.95 bits per heavy atom. The third-order valence-corrected chi connectivity index (χ3v) is 10.9. The number of phosphoric ester groups is 2. The Kier molecular flexibility index (Phi) is 30.9. The summed E-state index contributed by atoms with van der Waals surface area (Å²) in [6.45, 7) is 3.94. The molecular formula is C41H74O14P2. The van der Waals surface area contributed by atoms with Crippen LogP contribution in [0.3, 0.4) is 0 Å². The Morgan fingerprint density at radius 1 is 0.684 bits per heavy atom. The molecule has 1 fully saturated rings. The predicted molar refractivity (Wildman–Crippen MR) is 220 cm³/mol. The zero-order valence-electron chi connectivity index (χ0n) is 34.8. The fraction of sp³-hybridized carbons (Fsp3) is 0.805. The van der Waals surface area contributed by atoms with Crippen LogP contribution < -0.4 is 0 Å². The van der Waals surface area contributed by atoms with Crippen LogP contribution in [0.5, 0.6) is 0 Å². The van der Waals surface area contributed by atoms with Gasteiger partial charge in [0.2, 0.25) is 0 Å². The van der Waals surface area contributed by atoms with Crippen LogP contribution in [0.1, 0.15) is 156 Å². The lowest BCUT2D eigenvalue weighted by atomic mass is 9.99. The number of hydrogen-bond donors (Lipinski definition) is 4. The molecule has 57 heavy (non-hydrogen) atoms. The lowest BCUT2D eigenvalue weighted by molar-refractivity contribution is -0.161. The van der Waals surface area contributed by atoms with Crippen molar-refractivity contribution in [2.45, 2.75) is 180 Å². The molecule has 0 aromatic carbocycles. The third kappa shape index (κ3) is 33.8. The van der Waals surface area contributed by atoms with Gasteiger partial charge in [0.25, 0.3) is 0 Å². The molecule has 0 aliphatic carbocycles. The van der Waals surface area contributed by atoms with E-state index in [1.807, 2.05) is 0 Å². The lowest BCUT2D eigenvalue weighted by Crippen LogP contribution is -2.30. The molecule has 1 aliphatic rings. The maximum absolute atomic E-state index is 12.7. The highest BCUT2D eigenvalue weighted by molar-refractivity contribution is 7.47. The maximum atomic E-state index is 12.7. The van der Waals surface area contributed by atoms with E-state index >= 15 is 0 Å². The standard InChI is InChI=1S/C41H74O14P2/c1-4-6-7-8-9-10-11-12-13-17-20-23-27-38-39(55-38)28-25-30-41(44)54-37(34-53-57(48,49)52-32-36(42)31-51-56(45,46)47)33-50-40(43)29-24-21-18-15-14-16-19-22-26-35(3)5-2/h9-10,12-13,20,23,35-39,42H,4-8,11,14-19,21-22,24-34H2,1-3H3,(H,48,49)(H2,45,46,47)/b10-9-,13-12-,23-20-/t35?,36-,37+,38?,39?/m0/s1. The first-order valence-corrected chi connectivity index (χ1v) is 24.2. The number of epoxide rings is 1. The summed E-state index contributed by atoms with van der Waals surface area (Å²) in [4.78, 5) is 52.7. The minimum Gasteiger partial charge on any atom is -0.462 e. The molecule has 0 saturated carbocycles. The number of esters is 2. The summed E-state index contributed by atoms with van der Waals surface area (Å²) in [5.74, 6) is -0.319. The van der Waals surface area contributed by atoms with Crippen molar-refractivity contribution in [2.75, 3.05) is 26.4 Å². The van der Waals surface area contributed by atoms with Gasteiger partial charge in [0, 0.05) is 12.8 Å². The fourth-order valence-corrected chi connectivity index (χ4v) is 6.92. The summed E-state index contributed by atoms with van der Waals surface area (Å²) in [6, 6.07) is 0. The van der Waals surface area contributed by atoms with E-state index in [9.17, 15) is 28.7 Å². The minimum atomic E-state index is -4.87. The number of aliphatic hydroxyl groups is 1. The molecule has 6 atom stereocenters. The highest BCUT2D eigenvalue weighted by Gasteiger charge is 2.37. The van der Waals surface area contributed by atoms with Gasteiger partial charge in [-0.1, -0.05) is 128 Å². The van der Waals surface area contributed by atoms with Gasteiger partial charge >= 0.3 is 27.6 Å². The first-order chi connectivity index (χ1) is 27.2. The Labute approximate surface area is 342 Å². The topological polar surface area (TPSA) is 208 Å². The van der Waals surface area contributed by atoms with Crippen molar-refractivity contribution in [3.05, 3.63) is 36.5 Å². The molecule has 16 heteroatoms. The van der Waals surface area contributed by atoms with E-state index in [2.05, 4.69) is 66.3 Å². The molecule has 1 aliphatic heterocycles. The van der Waals surface area contributed by atoms with Crippen molar-refractivity contribution in [3.63, 3.8) is 0 Å². The Bertz CT molecular complexity index is 1240. The Balaban J connectivity index is 2.44. The number of rotatable bonds is 38. The van der Waals surface area contributed by atoms with Crippen molar-refractivity contribution in [2.24, 2.45) is 5.92 Å². The molecule has 0 aromatic heterocycles. The zero-order chi connectivity index (χ0) is 42.2. The van der Waals surface area contributed by atoms with E-state index in [0.717, 1.165) is 50.9 Å². The average molecular weight is 853 g/mol. The van der Waals surface area contributed by atoms with Gasteiger partial charge in [0.1, 0.15) is 12.7 Å². The Morgan fingerprint density at radius 2 is 1.28 bits per heavy atom. The first kappa shape index (κ1) is 53.3. The van der Waals surface area contributed by atoms with E-state index in [1.54, 1.807) is 0 Å². The first-order valence-electron chi connectivity index (χ1n) is 21.2. The van der Waals surface area contributed by atoms with Crippen molar-refractivity contribution >= 4 is 27.6 Å². The second-order valence-corrected chi connectivity index (χ2v) is 17.6. The summed E-state index contributed by atoms with van der Waals surface area (Å²) >= 11 is 0. The molecule has 1 heterocycles. The van der Waals surface area contributed by atoms with Crippen LogP contribution in [-0.4, -0.2) is 82.6 Å². The van der Waals surface area contributed by atoms with Crippen LogP contribution in [0, 0.1) is 5.92 Å². The van der Waals surface area contributed by atoms with Crippen molar-refractivity contribution in [1.82, 2.24) is 0 Å². The largest absolute Gasteiger partial charge is 0.472 e. The molecule has 0 radical (unpaired) electrons. The normalized spacial score (nSPS) is 18.6. The van der Waals surface area contributed by atoms with E-state index in [-0.39, 0.29) is 25.0 Å². The van der Waals surface area contributed by atoms with Crippen LogP contribution >= 0.6 is 15.6 Å². The van der Waals surface area contributed by atoms with Gasteiger partial charge in [-0.05, 0) is 57.3 Å². The number of allylic oxidation sites excluding steroid dienone is 5. The molecule has 0 spiro atoms. The number of phosphoric acid groups is 2. The molecule has 4 N–H and O–H groups in total. The number of carbonyl (C=O) groups is 2. The molecule has 0 amide bonds. The van der Waals surface area contributed by atoms with Crippen LogP contribution in [-0.2, 0) is 46.5 Å². The van der Waals surface area contributed by atoms with Crippen molar-refractivity contribution in [1.29, 1.82) is 0 Å². The summed E-state index contributed by atoms with van der Waals surface area (Å²) in [7, 11) is -9.70. The van der Waals surface area contributed by atoms with Gasteiger partial charge < -0.3 is 34.0 Å². The highest BCUT2D eigenvalue weighted by atomic mass is 31.2. The molecular weight excluding hydrogens is 778 g/mol. The monoisotopic (exact) mass is 852 g/mol. The maximum Gasteiger partial charge on any atom is 0.472 e. The number of carbonyl (C=O) groups excluding carboxylic acids is 2. The van der Waals surface area contributed by atoms with E-state index < -0.39 is 66.2 Å². The van der Waals surface area contributed by atoms with E-state index in [1.165, 1.54) is 57.8 Å². The molecule has 0 bridgehead atoms. The number of aliphatic hydroxyl groups excluding tert-OH is 1. The van der Waals surface area contributed by atoms with Crippen LogP contribution in [0.2, 0.25) is 0 Å². The second kappa shape index (κ2) is 33.1. The van der Waals surface area contributed by atoms with Crippen LogP contribution in [0.15, 0.2) is 36.5 Å². The second-order valence-electron chi connectivity index (χ2n) is 14.9. The average Bonchev–Trinajstić information content (AvgIpc) is 3.92. The van der Waals surface area contributed by atoms with Gasteiger partial charge in [0.05, 0.1) is 32.0 Å². The highest BCUT2D eigenvalue weighted by Crippen LogP contribution is 2.44. The van der Waals surface area contributed by atoms with Crippen LogP contribution in [0.4, 0.5) is 0 Å². The van der Waals surface area contributed by atoms with Crippen molar-refractivity contribution < 1.29 is 66.3 Å². The molecule has 332 valence electrons. The number of hydrogen-bond acceptors (Lipinski definition) is 11.